The molecule has 80 valence electrons. The van der Waals surface area contributed by atoms with Crippen LogP contribution in [0.15, 0.2) is 6.20 Å². The van der Waals surface area contributed by atoms with E-state index in [9.17, 15) is 0 Å². The number of anilines is 1. The van der Waals surface area contributed by atoms with Crippen molar-refractivity contribution in [3.05, 3.63) is 11.1 Å². The predicted molar refractivity (Wildman–Crippen MR) is 60.8 cm³/mol. The molecule has 0 spiro atoms. The second kappa shape index (κ2) is 5.32. The van der Waals surface area contributed by atoms with Crippen molar-refractivity contribution in [2.45, 2.75) is 39.8 Å². The van der Waals surface area contributed by atoms with E-state index in [4.69, 9.17) is 5.11 Å². The Bertz CT molecular complexity index is 273. The first kappa shape index (κ1) is 11.5. The number of nitrogens with zero attached hydrogens (tertiary/aromatic N) is 2. The molecule has 4 heteroatoms. The van der Waals surface area contributed by atoms with Gasteiger partial charge in [0.1, 0.15) is 0 Å². The average molecular weight is 214 g/mol. The minimum atomic E-state index is 0.0930. The molecule has 0 fully saturated rings. The van der Waals surface area contributed by atoms with Crippen LogP contribution in [0.2, 0.25) is 0 Å². The fraction of sp³-hybridized carbons (Fsp3) is 0.700. The molecule has 0 atom stereocenters. The van der Waals surface area contributed by atoms with Crippen LogP contribution in [0.1, 0.15) is 32.1 Å². The summed E-state index contributed by atoms with van der Waals surface area (Å²) in [5, 5.41) is 9.97. The van der Waals surface area contributed by atoms with Gasteiger partial charge in [0.25, 0.3) is 0 Å². The molecule has 0 saturated heterocycles. The summed E-state index contributed by atoms with van der Waals surface area (Å²) in [5.74, 6) is 0. The highest BCUT2D eigenvalue weighted by Gasteiger charge is 2.12. The zero-order valence-electron chi connectivity index (χ0n) is 9.03. The fourth-order valence-electron chi connectivity index (χ4n) is 1.32. The van der Waals surface area contributed by atoms with Gasteiger partial charge in [-0.3, -0.25) is 0 Å². The molecule has 1 rings (SSSR count). The molecule has 0 aliphatic rings. The Balaban J connectivity index is 2.76. The van der Waals surface area contributed by atoms with Crippen molar-refractivity contribution in [3.63, 3.8) is 0 Å². The van der Waals surface area contributed by atoms with E-state index in [0.717, 1.165) is 23.0 Å². The largest absolute Gasteiger partial charge is 0.391 e. The van der Waals surface area contributed by atoms with Crippen molar-refractivity contribution >= 4 is 16.5 Å². The van der Waals surface area contributed by atoms with Gasteiger partial charge in [-0.05, 0) is 20.3 Å². The highest BCUT2D eigenvalue weighted by molar-refractivity contribution is 7.15. The Morgan fingerprint density at radius 1 is 1.57 bits per heavy atom. The average Bonchev–Trinajstić information content (AvgIpc) is 2.61. The first-order valence-electron chi connectivity index (χ1n) is 5.01. The zero-order valence-corrected chi connectivity index (χ0v) is 9.84. The van der Waals surface area contributed by atoms with Crippen molar-refractivity contribution in [2.75, 3.05) is 11.4 Å². The Labute approximate surface area is 89.4 Å². The minimum absolute atomic E-state index is 0.0930. The summed E-state index contributed by atoms with van der Waals surface area (Å²) < 4.78 is 0. The third kappa shape index (κ3) is 2.69. The van der Waals surface area contributed by atoms with E-state index >= 15 is 0 Å². The summed E-state index contributed by atoms with van der Waals surface area (Å²) in [6.07, 6.45) is 2.87. The van der Waals surface area contributed by atoms with Crippen LogP contribution in [-0.4, -0.2) is 22.7 Å². The standard InChI is InChI=1S/C10H18N2OS/c1-4-5-12(8(2)3)10-11-6-9(7-13)14-10/h6,8,13H,4-5,7H2,1-3H3. The smallest absolute Gasteiger partial charge is 0.185 e. The van der Waals surface area contributed by atoms with Crippen molar-refractivity contribution in [1.82, 2.24) is 4.98 Å². The molecular weight excluding hydrogens is 196 g/mol. The second-order valence-corrected chi connectivity index (χ2v) is 4.65. The van der Waals surface area contributed by atoms with E-state index in [1.807, 2.05) is 0 Å². The Hall–Kier alpha value is -0.610. The van der Waals surface area contributed by atoms with Gasteiger partial charge in [-0.25, -0.2) is 4.98 Å². The van der Waals surface area contributed by atoms with Gasteiger partial charge in [-0.1, -0.05) is 18.3 Å². The molecule has 1 heterocycles. The van der Waals surface area contributed by atoms with E-state index in [1.165, 1.54) is 0 Å². The van der Waals surface area contributed by atoms with Gasteiger partial charge >= 0.3 is 0 Å². The predicted octanol–water partition coefficient (Wildman–Crippen LogP) is 2.26. The molecule has 14 heavy (non-hydrogen) atoms. The van der Waals surface area contributed by atoms with Crippen LogP contribution >= 0.6 is 11.3 Å². The summed E-state index contributed by atoms with van der Waals surface area (Å²) in [7, 11) is 0. The maximum atomic E-state index is 8.95. The van der Waals surface area contributed by atoms with E-state index < -0.39 is 0 Å². The molecule has 0 amide bonds. The van der Waals surface area contributed by atoms with E-state index in [2.05, 4.69) is 30.7 Å². The summed E-state index contributed by atoms with van der Waals surface area (Å²) >= 11 is 1.57. The Morgan fingerprint density at radius 3 is 2.71 bits per heavy atom. The molecule has 0 unspecified atom stereocenters. The highest BCUT2D eigenvalue weighted by atomic mass is 32.1. The van der Waals surface area contributed by atoms with Crippen molar-refractivity contribution in [1.29, 1.82) is 0 Å². The number of thiazole rings is 1. The summed E-state index contributed by atoms with van der Waals surface area (Å²) in [6, 6.07) is 0.465. The molecular formula is C10H18N2OS. The zero-order chi connectivity index (χ0) is 10.6. The molecule has 1 aromatic rings. The van der Waals surface area contributed by atoms with Crippen LogP contribution in [0.25, 0.3) is 0 Å². The number of rotatable bonds is 5. The van der Waals surface area contributed by atoms with Crippen molar-refractivity contribution in [2.24, 2.45) is 0 Å². The summed E-state index contributed by atoms with van der Waals surface area (Å²) in [4.78, 5) is 7.51. The lowest BCUT2D eigenvalue weighted by atomic mass is 10.3. The molecule has 0 bridgehead atoms. The Kier molecular flexibility index (Phi) is 4.35. The van der Waals surface area contributed by atoms with Crippen LogP contribution in [0.3, 0.4) is 0 Å². The quantitative estimate of drug-likeness (QED) is 0.816. The number of aromatic nitrogens is 1. The van der Waals surface area contributed by atoms with Crippen LogP contribution in [-0.2, 0) is 6.61 Å². The molecule has 3 nitrogen and oxygen atoms in total. The van der Waals surface area contributed by atoms with Gasteiger partial charge in [-0.15, -0.1) is 0 Å². The highest BCUT2D eigenvalue weighted by Crippen LogP contribution is 2.24. The van der Waals surface area contributed by atoms with Crippen LogP contribution in [0.5, 0.6) is 0 Å². The maximum absolute atomic E-state index is 8.95. The van der Waals surface area contributed by atoms with Crippen LogP contribution < -0.4 is 4.90 Å². The van der Waals surface area contributed by atoms with Gasteiger partial charge in [0.2, 0.25) is 0 Å². The molecule has 0 radical (unpaired) electrons. The van der Waals surface area contributed by atoms with Crippen LogP contribution in [0, 0.1) is 0 Å². The topological polar surface area (TPSA) is 36.4 Å². The van der Waals surface area contributed by atoms with Gasteiger partial charge in [0, 0.05) is 18.8 Å². The molecule has 0 aliphatic heterocycles. The van der Waals surface area contributed by atoms with Gasteiger partial charge in [0.15, 0.2) is 5.13 Å². The summed E-state index contributed by atoms with van der Waals surface area (Å²) in [6.45, 7) is 7.60. The van der Waals surface area contributed by atoms with Gasteiger partial charge < -0.3 is 10.0 Å². The SMILES string of the molecule is CCCN(c1ncc(CO)s1)C(C)C. The molecule has 0 saturated carbocycles. The second-order valence-electron chi connectivity index (χ2n) is 3.55. The van der Waals surface area contributed by atoms with Gasteiger partial charge in [-0.2, -0.15) is 0 Å². The molecule has 0 aromatic carbocycles. The third-order valence-corrected chi connectivity index (χ3v) is 3.05. The Morgan fingerprint density at radius 2 is 2.29 bits per heavy atom. The third-order valence-electron chi connectivity index (χ3n) is 2.03. The van der Waals surface area contributed by atoms with E-state index in [-0.39, 0.29) is 6.61 Å². The molecule has 1 N–H and O–H groups in total. The maximum Gasteiger partial charge on any atom is 0.185 e. The number of hydrogen-bond acceptors (Lipinski definition) is 4. The first-order chi connectivity index (χ1) is 6.69. The summed E-state index contributed by atoms with van der Waals surface area (Å²) in [5.41, 5.74) is 0. The lowest BCUT2D eigenvalue weighted by Gasteiger charge is -2.25. The molecule has 1 aromatic heterocycles. The minimum Gasteiger partial charge on any atom is -0.391 e. The van der Waals surface area contributed by atoms with Crippen molar-refractivity contribution < 1.29 is 5.11 Å². The van der Waals surface area contributed by atoms with Gasteiger partial charge in [0.05, 0.1) is 11.5 Å². The van der Waals surface area contributed by atoms with E-state index in [1.54, 1.807) is 17.5 Å². The number of hydrogen-bond donors (Lipinski definition) is 1. The van der Waals surface area contributed by atoms with Crippen LogP contribution in [0.4, 0.5) is 5.13 Å². The number of aliphatic hydroxyl groups excluding tert-OH is 1. The normalized spacial score (nSPS) is 10.9. The number of aliphatic hydroxyl groups is 1. The first-order valence-corrected chi connectivity index (χ1v) is 5.82. The van der Waals surface area contributed by atoms with Crippen molar-refractivity contribution in [3.8, 4) is 0 Å². The monoisotopic (exact) mass is 214 g/mol. The molecule has 0 aliphatic carbocycles. The fourth-order valence-corrected chi connectivity index (χ4v) is 2.25. The lowest BCUT2D eigenvalue weighted by molar-refractivity contribution is 0.285. The van der Waals surface area contributed by atoms with E-state index in [0.29, 0.717) is 6.04 Å². The lowest BCUT2D eigenvalue weighted by Crippen LogP contribution is -2.31.